The van der Waals surface area contributed by atoms with Crippen molar-refractivity contribution in [1.29, 1.82) is 0 Å². The van der Waals surface area contributed by atoms with Crippen LogP contribution in [0.4, 0.5) is 5.69 Å². The van der Waals surface area contributed by atoms with Gasteiger partial charge in [-0.05, 0) is 24.3 Å². The molecule has 0 aliphatic carbocycles. The molecule has 1 N–H and O–H groups in total. The summed E-state index contributed by atoms with van der Waals surface area (Å²) in [4.78, 5) is 4.04. The van der Waals surface area contributed by atoms with Gasteiger partial charge in [0.15, 0.2) is 0 Å². The summed E-state index contributed by atoms with van der Waals surface area (Å²) in [5, 5.41) is 12.1. The number of anilines is 1. The summed E-state index contributed by atoms with van der Waals surface area (Å²) in [6, 6.07) is 13.7. The van der Waals surface area contributed by atoms with Crippen LogP contribution in [0.15, 0.2) is 54.9 Å². The Labute approximate surface area is 127 Å². The molecule has 3 rings (SSSR count). The molecule has 106 valence electrons. The smallest absolute Gasteiger partial charge is 0.129 e. The van der Waals surface area contributed by atoms with Gasteiger partial charge in [0, 0.05) is 24.0 Å². The van der Waals surface area contributed by atoms with Crippen molar-refractivity contribution in [2.75, 3.05) is 11.9 Å². The van der Waals surface area contributed by atoms with Crippen LogP contribution < -0.4 is 5.32 Å². The summed E-state index contributed by atoms with van der Waals surface area (Å²) in [5.74, 6) is 0. The van der Waals surface area contributed by atoms with Gasteiger partial charge >= 0.3 is 0 Å². The fraction of sp³-hybridized carbons (Fsp3) is 0.133. The van der Waals surface area contributed by atoms with Crippen LogP contribution in [0.1, 0.15) is 0 Å². The molecule has 0 atom stereocenters. The van der Waals surface area contributed by atoms with Gasteiger partial charge in [0.1, 0.15) is 10.8 Å². The molecule has 0 spiro atoms. The maximum atomic E-state index is 5.77. The molecule has 0 amide bonds. The summed E-state index contributed by atoms with van der Waals surface area (Å²) >= 11 is 5.77. The van der Waals surface area contributed by atoms with Gasteiger partial charge in [-0.3, -0.25) is 4.68 Å². The van der Waals surface area contributed by atoms with Crippen molar-refractivity contribution >= 4 is 17.3 Å². The predicted octanol–water partition coefficient (Wildman–Crippen LogP) is 3.11. The zero-order valence-corrected chi connectivity index (χ0v) is 12.0. The van der Waals surface area contributed by atoms with Gasteiger partial charge in [0.05, 0.1) is 12.7 Å². The van der Waals surface area contributed by atoms with E-state index in [1.807, 2.05) is 42.6 Å². The SMILES string of the molecule is Clc1ccc(-c2cn(CCNc3ccccc3)nn2)cn1. The van der Waals surface area contributed by atoms with Crippen molar-refractivity contribution in [2.45, 2.75) is 6.54 Å². The van der Waals surface area contributed by atoms with Crippen LogP contribution in [-0.2, 0) is 6.54 Å². The van der Waals surface area contributed by atoms with E-state index in [1.54, 1.807) is 16.9 Å². The lowest BCUT2D eigenvalue weighted by Gasteiger charge is -2.05. The van der Waals surface area contributed by atoms with Gasteiger partial charge in [-0.15, -0.1) is 5.10 Å². The van der Waals surface area contributed by atoms with Gasteiger partial charge in [-0.2, -0.15) is 0 Å². The van der Waals surface area contributed by atoms with Crippen molar-refractivity contribution in [1.82, 2.24) is 20.0 Å². The average Bonchev–Trinajstić information content (AvgIpc) is 2.98. The second-order valence-electron chi connectivity index (χ2n) is 4.53. The number of nitrogens with zero attached hydrogens (tertiary/aromatic N) is 4. The minimum atomic E-state index is 0.471. The lowest BCUT2D eigenvalue weighted by atomic mass is 10.2. The Kier molecular flexibility index (Phi) is 4.12. The summed E-state index contributed by atoms with van der Waals surface area (Å²) in [5.41, 5.74) is 2.79. The average molecular weight is 300 g/mol. The van der Waals surface area contributed by atoms with Gasteiger partial charge in [0.25, 0.3) is 0 Å². The maximum Gasteiger partial charge on any atom is 0.129 e. The van der Waals surface area contributed by atoms with Crippen LogP contribution in [0, 0.1) is 0 Å². The van der Waals surface area contributed by atoms with E-state index >= 15 is 0 Å². The van der Waals surface area contributed by atoms with Crippen LogP contribution >= 0.6 is 11.6 Å². The highest BCUT2D eigenvalue weighted by molar-refractivity contribution is 6.29. The molecular weight excluding hydrogens is 286 g/mol. The minimum absolute atomic E-state index is 0.471. The molecule has 0 radical (unpaired) electrons. The van der Waals surface area contributed by atoms with E-state index < -0.39 is 0 Å². The molecule has 0 saturated heterocycles. The van der Waals surface area contributed by atoms with Crippen LogP contribution in [0.5, 0.6) is 0 Å². The molecule has 1 aromatic carbocycles. The Hall–Kier alpha value is -2.40. The van der Waals surface area contributed by atoms with Crippen LogP contribution in [-0.4, -0.2) is 26.5 Å². The Morgan fingerprint density at radius 1 is 1.10 bits per heavy atom. The van der Waals surface area contributed by atoms with E-state index in [4.69, 9.17) is 11.6 Å². The third-order valence-corrected chi connectivity index (χ3v) is 3.23. The Balaban J connectivity index is 1.59. The third-order valence-electron chi connectivity index (χ3n) is 3.01. The molecule has 5 nitrogen and oxygen atoms in total. The number of nitrogens with one attached hydrogen (secondary N) is 1. The molecular formula is C15H14ClN5. The predicted molar refractivity (Wildman–Crippen MR) is 83.2 cm³/mol. The molecule has 21 heavy (non-hydrogen) atoms. The first-order valence-corrected chi connectivity index (χ1v) is 7.00. The first kappa shape index (κ1) is 13.6. The standard InChI is InChI=1S/C15H14ClN5/c16-15-7-6-12(10-18-15)14-11-21(20-19-14)9-8-17-13-4-2-1-3-5-13/h1-7,10-11,17H,8-9H2. The molecule has 0 aliphatic heterocycles. The molecule has 2 aromatic heterocycles. The molecule has 0 fully saturated rings. The summed E-state index contributed by atoms with van der Waals surface area (Å²) in [6.07, 6.45) is 3.59. The number of aromatic nitrogens is 4. The lowest BCUT2D eigenvalue weighted by molar-refractivity contribution is 0.609. The summed E-state index contributed by atoms with van der Waals surface area (Å²) < 4.78 is 1.81. The number of para-hydroxylation sites is 1. The molecule has 0 unspecified atom stereocenters. The normalized spacial score (nSPS) is 10.5. The molecule has 0 bridgehead atoms. The Morgan fingerprint density at radius 3 is 2.71 bits per heavy atom. The molecule has 0 aliphatic rings. The van der Waals surface area contributed by atoms with Crippen LogP contribution in [0.2, 0.25) is 5.15 Å². The van der Waals surface area contributed by atoms with Crippen molar-refractivity contribution in [3.63, 3.8) is 0 Å². The Morgan fingerprint density at radius 2 is 1.95 bits per heavy atom. The van der Waals surface area contributed by atoms with E-state index in [0.29, 0.717) is 5.15 Å². The van der Waals surface area contributed by atoms with Crippen LogP contribution in [0.3, 0.4) is 0 Å². The lowest BCUT2D eigenvalue weighted by Crippen LogP contribution is -2.10. The first-order chi connectivity index (χ1) is 10.3. The van der Waals surface area contributed by atoms with Gasteiger partial charge < -0.3 is 5.32 Å². The van der Waals surface area contributed by atoms with Crippen molar-refractivity contribution in [2.24, 2.45) is 0 Å². The maximum absolute atomic E-state index is 5.77. The number of rotatable bonds is 5. The van der Waals surface area contributed by atoms with E-state index in [-0.39, 0.29) is 0 Å². The van der Waals surface area contributed by atoms with Gasteiger partial charge in [0.2, 0.25) is 0 Å². The van der Waals surface area contributed by atoms with Crippen molar-refractivity contribution in [3.8, 4) is 11.3 Å². The van der Waals surface area contributed by atoms with Crippen molar-refractivity contribution in [3.05, 3.63) is 60.0 Å². The van der Waals surface area contributed by atoms with Crippen LogP contribution in [0.25, 0.3) is 11.3 Å². The minimum Gasteiger partial charge on any atom is -0.383 e. The first-order valence-electron chi connectivity index (χ1n) is 6.62. The largest absolute Gasteiger partial charge is 0.383 e. The number of hydrogen-bond donors (Lipinski definition) is 1. The molecule has 3 aromatic rings. The Bertz CT molecular complexity index is 694. The highest BCUT2D eigenvalue weighted by Crippen LogP contribution is 2.16. The topological polar surface area (TPSA) is 55.6 Å². The fourth-order valence-corrected chi connectivity index (χ4v) is 2.05. The van der Waals surface area contributed by atoms with E-state index in [1.165, 1.54) is 0 Å². The van der Waals surface area contributed by atoms with Gasteiger partial charge in [-0.1, -0.05) is 35.0 Å². The molecule has 0 saturated carbocycles. The monoisotopic (exact) mass is 299 g/mol. The molecule has 2 heterocycles. The van der Waals surface area contributed by atoms with E-state index in [9.17, 15) is 0 Å². The summed E-state index contributed by atoms with van der Waals surface area (Å²) in [6.45, 7) is 1.52. The molecule has 6 heteroatoms. The fourth-order valence-electron chi connectivity index (χ4n) is 1.94. The number of halogens is 1. The quantitative estimate of drug-likeness (QED) is 0.736. The zero-order valence-electron chi connectivity index (χ0n) is 11.3. The zero-order chi connectivity index (χ0) is 14.5. The van der Waals surface area contributed by atoms with E-state index in [0.717, 1.165) is 30.0 Å². The second kappa shape index (κ2) is 6.37. The van der Waals surface area contributed by atoms with E-state index in [2.05, 4.69) is 20.6 Å². The van der Waals surface area contributed by atoms with Crippen molar-refractivity contribution < 1.29 is 0 Å². The third kappa shape index (κ3) is 3.58. The number of hydrogen-bond acceptors (Lipinski definition) is 4. The number of pyridine rings is 1. The second-order valence-corrected chi connectivity index (χ2v) is 4.92. The number of benzene rings is 1. The summed E-state index contributed by atoms with van der Waals surface area (Å²) in [7, 11) is 0. The highest BCUT2D eigenvalue weighted by Gasteiger charge is 2.04. The van der Waals surface area contributed by atoms with Gasteiger partial charge in [-0.25, -0.2) is 4.98 Å². The highest BCUT2D eigenvalue weighted by atomic mass is 35.5.